The molecular weight excluding hydrogens is 329 g/mol. The van der Waals surface area contributed by atoms with Gasteiger partial charge in [-0.1, -0.05) is 13.8 Å². The number of halogens is 1. The Morgan fingerprint density at radius 3 is 2.41 bits per heavy atom. The number of guanidine groups is 1. The molecule has 0 amide bonds. The fourth-order valence-electron chi connectivity index (χ4n) is 1.11. The van der Waals surface area contributed by atoms with Crippen molar-refractivity contribution in [3.63, 3.8) is 0 Å². The van der Waals surface area contributed by atoms with E-state index in [9.17, 15) is 0 Å². The van der Waals surface area contributed by atoms with Crippen molar-refractivity contribution in [2.45, 2.75) is 46.6 Å². The Bertz CT molecular complexity index is 212. The van der Waals surface area contributed by atoms with Crippen LogP contribution in [0.2, 0.25) is 0 Å². The van der Waals surface area contributed by atoms with Crippen molar-refractivity contribution >= 4 is 29.9 Å². The zero-order chi connectivity index (χ0) is 12.6. The standard InChI is InChI=1S/C12H27N3O.HI/c1-10(2)9-16-8-6-7-14-11(13)15-12(3,4)5;/h10H,6-9H2,1-5H3,(H3,13,14,15);1H. The summed E-state index contributed by atoms with van der Waals surface area (Å²) in [7, 11) is 0. The van der Waals surface area contributed by atoms with E-state index in [1.165, 1.54) is 0 Å². The minimum Gasteiger partial charge on any atom is -0.381 e. The lowest BCUT2D eigenvalue weighted by atomic mass is 10.1. The minimum absolute atomic E-state index is 0. The molecule has 0 aromatic carbocycles. The molecule has 0 bridgehead atoms. The number of nitrogens with one attached hydrogen (secondary N) is 1. The molecule has 0 fully saturated rings. The Balaban J connectivity index is 0. The Morgan fingerprint density at radius 1 is 1.35 bits per heavy atom. The first-order valence-electron chi connectivity index (χ1n) is 5.97. The smallest absolute Gasteiger partial charge is 0.188 e. The monoisotopic (exact) mass is 357 g/mol. The summed E-state index contributed by atoms with van der Waals surface area (Å²) in [6.45, 7) is 12.7. The van der Waals surface area contributed by atoms with Crippen LogP contribution in [-0.4, -0.2) is 31.3 Å². The minimum atomic E-state index is -0.0261. The van der Waals surface area contributed by atoms with Gasteiger partial charge >= 0.3 is 0 Å². The molecule has 0 radical (unpaired) electrons. The zero-order valence-corrected chi connectivity index (χ0v) is 14.1. The van der Waals surface area contributed by atoms with Gasteiger partial charge in [0.1, 0.15) is 0 Å². The van der Waals surface area contributed by atoms with Crippen molar-refractivity contribution in [1.29, 1.82) is 0 Å². The largest absolute Gasteiger partial charge is 0.381 e. The molecule has 0 heterocycles. The average Bonchev–Trinajstić information content (AvgIpc) is 2.07. The van der Waals surface area contributed by atoms with E-state index >= 15 is 0 Å². The van der Waals surface area contributed by atoms with Crippen LogP contribution in [0.4, 0.5) is 0 Å². The lowest BCUT2D eigenvalue weighted by Gasteiger charge is -2.20. The fraction of sp³-hybridized carbons (Fsp3) is 0.917. The van der Waals surface area contributed by atoms with E-state index in [1.807, 2.05) is 0 Å². The van der Waals surface area contributed by atoms with Gasteiger partial charge in [0.05, 0.1) is 0 Å². The normalized spacial score (nSPS) is 12.5. The maximum atomic E-state index is 5.72. The van der Waals surface area contributed by atoms with E-state index in [2.05, 4.69) is 44.9 Å². The third-order valence-electron chi connectivity index (χ3n) is 1.68. The fourth-order valence-corrected chi connectivity index (χ4v) is 1.11. The van der Waals surface area contributed by atoms with Gasteiger partial charge in [0.25, 0.3) is 0 Å². The highest BCUT2D eigenvalue weighted by Gasteiger charge is 2.09. The van der Waals surface area contributed by atoms with Crippen molar-refractivity contribution in [2.75, 3.05) is 19.8 Å². The summed E-state index contributed by atoms with van der Waals surface area (Å²) in [5.41, 5.74) is 5.69. The van der Waals surface area contributed by atoms with Crippen LogP contribution in [0.15, 0.2) is 4.99 Å². The summed E-state index contributed by atoms with van der Waals surface area (Å²) < 4.78 is 5.45. The average molecular weight is 357 g/mol. The highest BCUT2D eigenvalue weighted by Crippen LogP contribution is 1.97. The number of hydrogen-bond acceptors (Lipinski definition) is 2. The summed E-state index contributed by atoms with van der Waals surface area (Å²) in [5, 5.41) is 3.12. The van der Waals surface area contributed by atoms with Gasteiger partial charge in [0.15, 0.2) is 5.96 Å². The van der Waals surface area contributed by atoms with E-state index in [0.29, 0.717) is 18.4 Å². The Morgan fingerprint density at radius 2 is 1.94 bits per heavy atom. The number of ether oxygens (including phenoxy) is 1. The van der Waals surface area contributed by atoms with Crippen molar-refractivity contribution in [1.82, 2.24) is 5.32 Å². The Labute approximate surface area is 123 Å². The van der Waals surface area contributed by atoms with Gasteiger partial charge in [-0.3, -0.25) is 4.99 Å². The Kier molecular flexibility index (Phi) is 11.3. The first-order valence-corrected chi connectivity index (χ1v) is 5.97. The van der Waals surface area contributed by atoms with Gasteiger partial charge in [0, 0.05) is 25.3 Å². The van der Waals surface area contributed by atoms with Gasteiger partial charge in [0.2, 0.25) is 0 Å². The van der Waals surface area contributed by atoms with Crippen molar-refractivity contribution in [3.8, 4) is 0 Å². The van der Waals surface area contributed by atoms with E-state index in [0.717, 1.165) is 19.6 Å². The summed E-state index contributed by atoms with van der Waals surface area (Å²) >= 11 is 0. The molecule has 104 valence electrons. The van der Waals surface area contributed by atoms with Gasteiger partial charge in [-0.05, 0) is 33.1 Å². The number of hydrogen-bond donors (Lipinski definition) is 2. The van der Waals surface area contributed by atoms with E-state index in [-0.39, 0.29) is 29.5 Å². The highest BCUT2D eigenvalue weighted by molar-refractivity contribution is 14.0. The molecule has 0 aromatic heterocycles. The lowest BCUT2D eigenvalue weighted by molar-refractivity contribution is 0.109. The maximum Gasteiger partial charge on any atom is 0.188 e. The molecule has 0 rings (SSSR count). The second-order valence-corrected chi connectivity index (χ2v) is 5.46. The molecule has 0 spiro atoms. The van der Waals surface area contributed by atoms with Crippen LogP contribution in [0.25, 0.3) is 0 Å². The molecule has 5 heteroatoms. The van der Waals surface area contributed by atoms with Gasteiger partial charge < -0.3 is 15.8 Å². The second-order valence-electron chi connectivity index (χ2n) is 5.46. The molecule has 0 saturated heterocycles. The van der Waals surface area contributed by atoms with Crippen molar-refractivity contribution in [3.05, 3.63) is 0 Å². The predicted molar refractivity (Wildman–Crippen MR) is 85.1 cm³/mol. The van der Waals surface area contributed by atoms with Crippen molar-refractivity contribution < 1.29 is 4.74 Å². The van der Waals surface area contributed by atoms with Crippen LogP contribution in [0.3, 0.4) is 0 Å². The Hall–Kier alpha value is -0.0400. The first kappa shape index (κ1) is 19.3. The van der Waals surface area contributed by atoms with Crippen LogP contribution >= 0.6 is 24.0 Å². The predicted octanol–water partition coefficient (Wildman–Crippen LogP) is 2.37. The summed E-state index contributed by atoms with van der Waals surface area (Å²) in [4.78, 5) is 4.23. The van der Waals surface area contributed by atoms with Crippen LogP contribution < -0.4 is 11.1 Å². The topological polar surface area (TPSA) is 59.6 Å². The molecule has 0 aliphatic carbocycles. The first-order chi connectivity index (χ1) is 7.31. The SMILES string of the molecule is CC(C)COCCCN=C(N)NC(C)(C)C.I. The van der Waals surface area contributed by atoms with Gasteiger partial charge in [-0.15, -0.1) is 24.0 Å². The summed E-state index contributed by atoms with van der Waals surface area (Å²) in [5.74, 6) is 1.10. The third kappa shape index (κ3) is 16.0. The number of aliphatic imine (C=N–C) groups is 1. The summed E-state index contributed by atoms with van der Waals surface area (Å²) in [6, 6.07) is 0. The lowest BCUT2D eigenvalue weighted by Crippen LogP contribution is -2.45. The molecule has 0 aliphatic rings. The molecular formula is C12H28IN3O. The van der Waals surface area contributed by atoms with E-state index in [4.69, 9.17) is 10.5 Å². The molecule has 0 unspecified atom stereocenters. The molecule has 17 heavy (non-hydrogen) atoms. The van der Waals surface area contributed by atoms with Crippen LogP contribution in [0.5, 0.6) is 0 Å². The van der Waals surface area contributed by atoms with Crippen LogP contribution in [0.1, 0.15) is 41.0 Å². The van der Waals surface area contributed by atoms with Gasteiger partial charge in [-0.2, -0.15) is 0 Å². The van der Waals surface area contributed by atoms with E-state index < -0.39 is 0 Å². The maximum absolute atomic E-state index is 5.72. The quantitative estimate of drug-likeness (QED) is 0.332. The molecule has 4 nitrogen and oxygen atoms in total. The molecule has 0 aliphatic heterocycles. The van der Waals surface area contributed by atoms with E-state index in [1.54, 1.807) is 0 Å². The number of nitrogens with two attached hydrogens (primary N) is 1. The van der Waals surface area contributed by atoms with Crippen molar-refractivity contribution in [2.24, 2.45) is 16.6 Å². The van der Waals surface area contributed by atoms with Crippen LogP contribution in [0, 0.1) is 5.92 Å². The number of rotatable bonds is 6. The second kappa shape index (κ2) is 9.94. The third-order valence-corrected chi connectivity index (χ3v) is 1.68. The molecule has 3 N–H and O–H groups in total. The molecule has 0 atom stereocenters. The highest BCUT2D eigenvalue weighted by atomic mass is 127. The number of nitrogens with zero attached hydrogens (tertiary/aromatic N) is 1. The van der Waals surface area contributed by atoms with Gasteiger partial charge in [-0.25, -0.2) is 0 Å². The molecule has 0 saturated carbocycles. The van der Waals surface area contributed by atoms with Crippen LogP contribution in [-0.2, 0) is 4.74 Å². The molecule has 0 aromatic rings. The zero-order valence-electron chi connectivity index (χ0n) is 11.7. The summed E-state index contributed by atoms with van der Waals surface area (Å²) in [6.07, 6.45) is 0.916.